The molecular weight excluding hydrogens is 342 g/mol. The Morgan fingerprint density at radius 1 is 1.15 bits per heavy atom. The van der Waals surface area contributed by atoms with E-state index in [4.69, 9.17) is 4.74 Å². The highest BCUT2D eigenvalue weighted by molar-refractivity contribution is 5.91. The normalized spacial score (nSPS) is 14.4. The predicted octanol–water partition coefficient (Wildman–Crippen LogP) is 3.36. The van der Waals surface area contributed by atoms with Crippen molar-refractivity contribution in [3.8, 4) is 5.75 Å². The van der Waals surface area contributed by atoms with Gasteiger partial charge in [-0.05, 0) is 49.9 Å². The van der Waals surface area contributed by atoms with Gasteiger partial charge in [-0.25, -0.2) is 4.98 Å². The van der Waals surface area contributed by atoms with Crippen molar-refractivity contribution in [2.45, 2.75) is 38.3 Å². The second-order valence-electron chi connectivity index (χ2n) is 6.77. The van der Waals surface area contributed by atoms with E-state index in [1.54, 1.807) is 6.07 Å². The maximum absolute atomic E-state index is 12.5. The molecule has 0 atom stereocenters. The van der Waals surface area contributed by atoms with Crippen LogP contribution in [0, 0.1) is 0 Å². The number of amides is 1. The van der Waals surface area contributed by atoms with Gasteiger partial charge in [-0.15, -0.1) is 0 Å². The maximum Gasteiger partial charge on any atom is 0.269 e. The number of nitrogens with zero attached hydrogens (tertiary/aromatic N) is 2. The molecule has 1 heterocycles. The summed E-state index contributed by atoms with van der Waals surface area (Å²) in [4.78, 5) is 28.8. The Bertz CT molecular complexity index is 1020. The number of para-hydroxylation sites is 2. The molecule has 1 amide bonds. The minimum atomic E-state index is -0.304. The van der Waals surface area contributed by atoms with E-state index in [1.807, 2.05) is 42.5 Å². The Morgan fingerprint density at radius 3 is 2.81 bits per heavy atom. The van der Waals surface area contributed by atoms with E-state index in [1.165, 1.54) is 23.6 Å². The third kappa shape index (κ3) is 4.00. The Balaban J connectivity index is 1.49. The molecule has 1 aliphatic rings. The number of ether oxygens (including phenoxy) is 1. The molecule has 6 heteroatoms. The third-order valence-electron chi connectivity index (χ3n) is 4.78. The summed E-state index contributed by atoms with van der Waals surface area (Å²) in [5.74, 6) is 0.484. The minimum absolute atomic E-state index is 0.0738. The standard InChI is InChI=1S/C21H21N3O3/c25-20(14-24-19-11-4-3-10-18(19)22-13-21(24)26)23-15-6-5-9-17(12-15)27-16-7-1-2-8-16/h3-6,9-13,16H,1-2,7-8,14H2,(H,23,25). The highest BCUT2D eigenvalue weighted by atomic mass is 16.5. The average molecular weight is 363 g/mol. The zero-order valence-corrected chi connectivity index (χ0v) is 14.9. The van der Waals surface area contributed by atoms with Gasteiger partial charge >= 0.3 is 0 Å². The van der Waals surface area contributed by atoms with Crippen LogP contribution in [0.2, 0.25) is 0 Å². The van der Waals surface area contributed by atoms with Gasteiger partial charge in [0.05, 0.1) is 23.3 Å². The Morgan fingerprint density at radius 2 is 1.96 bits per heavy atom. The number of rotatable bonds is 5. The van der Waals surface area contributed by atoms with E-state index in [-0.39, 0.29) is 24.1 Å². The molecule has 138 valence electrons. The van der Waals surface area contributed by atoms with Crippen molar-refractivity contribution in [1.82, 2.24) is 9.55 Å². The van der Waals surface area contributed by atoms with Crippen LogP contribution >= 0.6 is 0 Å². The number of fused-ring (bicyclic) bond motifs is 1. The third-order valence-corrected chi connectivity index (χ3v) is 4.78. The van der Waals surface area contributed by atoms with Crippen LogP contribution in [-0.4, -0.2) is 21.6 Å². The lowest BCUT2D eigenvalue weighted by atomic mass is 10.2. The van der Waals surface area contributed by atoms with Crippen LogP contribution in [0.4, 0.5) is 5.69 Å². The number of hydrogen-bond acceptors (Lipinski definition) is 4. The molecular formula is C21H21N3O3. The van der Waals surface area contributed by atoms with Crippen molar-refractivity contribution in [2.75, 3.05) is 5.32 Å². The van der Waals surface area contributed by atoms with Crippen LogP contribution in [0.25, 0.3) is 11.0 Å². The van der Waals surface area contributed by atoms with Gasteiger partial charge < -0.3 is 10.1 Å². The molecule has 0 saturated heterocycles. The van der Waals surface area contributed by atoms with E-state index in [2.05, 4.69) is 10.3 Å². The SMILES string of the molecule is O=C(Cn1c(=O)cnc2ccccc21)Nc1cccc(OC2CCCC2)c1. The molecule has 0 radical (unpaired) electrons. The quantitative estimate of drug-likeness (QED) is 0.754. The minimum Gasteiger partial charge on any atom is -0.490 e. The fourth-order valence-corrected chi connectivity index (χ4v) is 3.47. The molecule has 3 aromatic rings. The second kappa shape index (κ2) is 7.61. The Labute approximate surface area is 156 Å². The lowest BCUT2D eigenvalue weighted by molar-refractivity contribution is -0.116. The van der Waals surface area contributed by atoms with Gasteiger partial charge in [0.2, 0.25) is 5.91 Å². The van der Waals surface area contributed by atoms with Crippen LogP contribution in [0.5, 0.6) is 5.75 Å². The van der Waals surface area contributed by atoms with Crippen LogP contribution in [0.3, 0.4) is 0 Å². The highest BCUT2D eigenvalue weighted by Crippen LogP contribution is 2.25. The van der Waals surface area contributed by atoms with E-state index in [0.29, 0.717) is 16.7 Å². The van der Waals surface area contributed by atoms with E-state index >= 15 is 0 Å². The zero-order valence-electron chi connectivity index (χ0n) is 14.9. The molecule has 0 bridgehead atoms. The molecule has 27 heavy (non-hydrogen) atoms. The summed E-state index contributed by atoms with van der Waals surface area (Å²) >= 11 is 0. The van der Waals surface area contributed by atoms with Crippen molar-refractivity contribution < 1.29 is 9.53 Å². The lowest BCUT2D eigenvalue weighted by Crippen LogP contribution is -2.28. The van der Waals surface area contributed by atoms with Gasteiger partial charge in [0.15, 0.2) is 0 Å². The first-order valence-electron chi connectivity index (χ1n) is 9.20. The largest absolute Gasteiger partial charge is 0.490 e. The van der Waals surface area contributed by atoms with Gasteiger partial charge in [-0.2, -0.15) is 0 Å². The van der Waals surface area contributed by atoms with Crippen molar-refractivity contribution in [3.63, 3.8) is 0 Å². The number of hydrogen-bond donors (Lipinski definition) is 1. The van der Waals surface area contributed by atoms with Crippen LogP contribution < -0.4 is 15.6 Å². The summed E-state index contributed by atoms with van der Waals surface area (Å²) in [6.45, 7) is -0.0738. The molecule has 0 aliphatic heterocycles. The van der Waals surface area contributed by atoms with Crippen LogP contribution in [0.1, 0.15) is 25.7 Å². The Hall–Kier alpha value is -3.15. The zero-order chi connectivity index (χ0) is 18.6. The molecule has 4 rings (SSSR count). The molecule has 1 N–H and O–H groups in total. The van der Waals surface area contributed by atoms with Crippen molar-refractivity contribution in [2.24, 2.45) is 0 Å². The first-order chi connectivity index (χ1) is 13.2. The first kappa shape index (κ1) is 17.3. The monoisotopic (exact) mass is 363 g/mol. The number of nitrogens with one attached hydrogen (secondary N) is 1. The van der Waals surface area contributed by atoms with Gasteiger partial charge in [0.25, 0.3) is 5.56 Å². The van der Waals surface area contributed by atoms with Crippen molar-refractivity contribution >= 4 is 22.6 Å². The molecule has 6 nitrogen and oxygen atoms in total. The molecule has 0 spiro atoms. The van der Waals surface area contributed by atoms with Crippen LogP contribution in [-0.2, 0) is 11.3 Å². The number of aromatic nitrogens is 2. The smallest absolute Gasteiger partial charge is 0.269 e. The lowest BCUT2D eigenvalue weighted by Gasteiger charge is -2.14. The van der Waals surface area contributed by atoms with Gasteiger partial charge in [-0.1, -0.05) is 18.2 Å². The van der Waals surface area contributed by atoms with Crippen molar-refractivity contribution in [3.05, 3.63) is 65.1 Å². The van der Waals surface area contributed by atoms with E-state index in [0.717, 1.165) is 18.6 Å². The topological polar surface area (TPSA) is 73.2 Å². The second-order valence-corrected chi connectivity index (χ2v) is 6.77. The molecule has 0 unspecified atom stereocenters. The number of carbonyl (C=O) groups is 1. The number of anilines is 1. The summed E-state index contributed by atoms with van der Waals surface area (Å²) < 4.78 is 7.40. The molecule has 1 fully saturated rings. The molecule has 2 aromatic carbocycles. The van der Waals surface area contributed by atoms with E-state index < -0.39 is 0 Å². The highest BCUT2D eigenvalue weighted by Gasteiger charge is 2.16. The van der Waals surface area contributed by atoms with E-state index in [9.17, 15) is 9.59 Å². The maximum atomic E-state index is 12.5. The fraction of sp³-hybridized carbons (Fsp3) is 0.286. The first-order valence-corrected chi connectivity index (χ1v) is 9.20. The Kier molecular flexibility index (Phi) is 4.87. The molecule has 1 aromatic heterocycles. The molecule has 1 aliphatic carbocycles. The van der Waals surface area contributed by atoms with Gasteiger partial charge in [-0.3, -0.25) is 14.2 Å². The number of carbonyl (C=O) groups excluding carboxylic acids is 1. The summed E-state index contributed by atoms with van der Waals surface area (Å²) in [5, 5.41) is 2.85. The summed E-state index contributed by atoms with van der Waals surface area (Å²) in [6, 6.07) is 14.7. The van der Waals surface area contributed by atoms with Crippen LogP contribution in [0.15, 0.2) is 59.5 Å². The fourth-order valence-electron chi connectivity index (χ4n) is 3.47. The average Bonchev–Trinajstić information content (AvgIpc) is 3.17. The summed E-state index contributed by atoms with van der Waals surface area (Å²) in [7, 11) is 0. The number of benzene rings is 2. The summed E-state index contributed by atoms with van der Waals surface area (Å²) in [6.07, 6.45) is 6.07. The summed E-state index contributed by atoms with van der Waals surface area (Å²) in [5.41, 5.74) is 1.67. The van der Waals surface area contributed by atoms with Gasteiger partial charge in [0.1, 0.15) is 12.3 Å². The predicted molar refractivity (Wildman–Crippen MR) is 104 cm³/mol. The van der Waals surface area contributed by atoms with Gasteiger partial charge in [0, 0.05) is 11.8 Å². The van der Waals surface area contributed by atoms with Crippen molar-refractivity contribution in [1.29, 1.82) is 0 Å². The molecule has 1 saturated carbocycles.